The number of hydrogen-bond donors (Lipinski definition) is 0. The second-order valence-electron chi connectivity index (χ2n) is 7.41. The molecule has 0 radical (unpaired) electrons. The van der Waals surface area contributed by atoms with Crippen LogP contribution in [-0.2, 0) is 24.2 Å². The van der Waals surface area contributed by atoms with Crippen LogP contribution in [0.25, 0.3) is 11.0 Å². The van der Waals surface area contributed by atoms with E-state index in [-0.39, 0.29) is 6.61 Å². The third-order valence-electron chi connectivity index (χ3n) is 5.21. The molecule has 0 unspecified atom stereocenters. The zero-order valence-corrected chi connectivity index (χ0v) is 15.6. The smallest absolute Gasteiger partial charge is 0.338 e. The predicted octanol–water partition coefficient (Wildman–Crippen LogP) is 4.76. The Labute approximate surface area is 157 Å². The van der Waals surface area contributed by atoms with Gasteiger partial charge >= 0.3 is 11.6 Å². The average Bonchev–Trinajstić information content (AvgIpc) is 3.11. The Morgan fingerprint density at radius 3 is 2.48 bits per heavy atom. The van der Waals surface area contributed by atoms with E-state index in [1.54, 1.807) is 12.1 Å². The highest BCUT2D eigenvalue weighted by Gasteiger charge is 2.16. The molecule has 0 aliphatic heterocycles. The lowest BCUT2D eigenvalue weighted by atomic mass is 10.0. The van der Waals surface area contributed by atoms with E-state index >= 15 is 0 Å². The molecule has 4 nitrogen and oxygen atoms in total. The second kappa shape index (κ2) is 7.03. The molecule has 138 valence electrons. The first kappa shape index (κ1) is 17.5. The Morgan fingerprint density at radius 1 is 1.07 bits per heavy atom. The van der Waals surface area contributed by atoms with Crippen molar-refractivity contribution in [3.05, 3.63) is 80.7 Å². The molecule has 1 aliphatic rings. The van der Waals surface area contributed by atoms with Gasteiger partial charge in [0.05, 0.1) is 5.56 Å². The van der Waals surface area contributed by atoms with Crippen LogP contribution in [0.4, 0.5) is 0 Å². The van der Waals surface area contributed by atoms with Crippen molar-refractivity contribution < 1.29 is 13.9 Å². The lowest BCUT2D eigenvalue weighted by Crippen LogP contribution is -2.08. The van der Waals surface area contributed by atoms with Crippen LogP contribution in [0.2, 0.25) is 0 Å². The number of aryl methyl sites for hydroxylation is 2. The van der Waals surface area contributed by atoms with Gasteiger partial charge < -0.3 is 9.15 Å². The summed E-state index contributed by atoms with van der Waals surface area (Å²) in [7, 11) is 0. The molecule has 0 fully saturated rings. The van der Waals surface area contributed by atoms with Crippen LogP contribution in [0, 0.1) is 0 Å². The van der Waals surface area contributed by atoms with Gasteiger partial charge in [-0.25, -0.2) is 9.59 Å². The SMILES string of the molecule is CC(C)c1ccc(C(=O)OCc2cc(=O)oc3cc4c(cc23)CCC4)cc1. The molecule has 4 rings (SSSR count). The van der Waals surface area contributed by atoms with Crippen LogP contribution in [0.3, 0.4) is 0 Å². The topological polar surface area (TPSA) is 56.5 Å². The van der Waals surface area contributed by atoms with E-state index < -0.39 is 11.6 Å². The quantitative estimate of drug-likeness (QED) is 0.496. The minimum atomic E-state index is -0.423. The van der Waals surface area contributed by atoms with Crippen LogP contribution in [0.15, 0.2) is 51.7 Å². The molecule has 27 heavy (non-hydrogen) atoms. The minimum Gasteiger partial charge on any atom is -0.457 e. The van der Waals surface area contributed by atoms with Crippen molar-refractivity contribution in [2.24, 2.45) is 0 Å². The molecule has 0 spiro atoms. The van der Waals surface area contributed by atoms with Crippen molar-refractivity contribution in [1.29, 1.82) is 0 Å². The van der Waals surface area contributed by atoms with Crippen molar-refractivity contribution in [3.63, 3.8) is 0 Å². The third kappa shape index (κ3) is 3.52. The number of carbonyl (C=O) groups is 1. The first-order valence-corrected chi connectivity index (χ1v) is 9.37. The summed E-state index contributed by atoms with van der Waals surface area (Å²) in [6, 6.07) is 12.9. The Balaban J connectivity index is 1.58. The van der Waals surface area contributed by atoms with Crippen molar-refractivity contribution in [3.8, 4) is 0 Å². The fraction of sp³-hybridized carbons (Fsp3) is 0.304. The maximum Gasteiger partial charge on any atom is 0.338 e. The van der Waals surface area contributed by atoms with Crippen LogP contribution in [0.5, 0.6) is 0 Å². The van der Waals surface area contributed by atoms with Gasteiger partial charge in [-0.15, -0.1) is 0 Å². The molecule has 1 aliphatic carbocycles. The molecule has 0 N–H and O–H groups in total. The molecular weight excluding hydrogens is 340 g/mol. The van der Waals surface area contributed by atoms with Gasteiger partial charge in [-0.1, -0.05) is 26.0 Å². The number of esters is 1. The van der Waals surface area contributed by atoms with Gasteiger partial charge in [-0.3, -0.25) is 0 Å². The lowest BCUT2D eigenvalue weighted by molar-refractivity contribution is 0.0474. The summed E-state index contributed by atoms with van der Waals surface area (Å²) in [4.78, 5) is 24.3. The lowest BCUT2D eigenvalue weighted by Gasteiger charge is -2.10. The summed E-state index contributed by atoms with van der Waals surface area (Å²) in [5.41, 5.74) is 5.03. The highest BCUT2D eigenvalue weighted by molar-refractivity contribution is 5.89. The van der Waals surface area contributed by atoms with Gasteiger partial charge in [0.15, 0.2) is 0 Å². The predicted molar refractivity (Wildman–Crippen MR) is 104 cm³/mol. The zero-order chi connectivity index (χ0) is 19.0. The molecule has 4 heteroatoms. The minimum absolute atomic E-state index is 0.0473. The van der Waals surface area contributed by atoms with Gasteiger partial charge in [-0.2, -0.15) is 0 Å². The van der Waals surface area contributed by atoms with Crippen molar-refractivity contribution in [2.45, 2.75) is 45.6 Å². The monoisotopic (exact) mass is 362 g/mol. The highest BCUT2D eigenvalue weighted by atomic mass is 16.5. The van der Waals surface area contributed by atoms with Crippen molar-refractivity contribution in [1.82, 2.24) is 0 Å². The largest absolute Gasteiger partial charge is 0.457 e. The normalized spacial score (nSPS) is 13.1. The standard InChI is InChI=1S/C23H22O4/c1-14(2)15-6-8-16(9-7-15)23(25)26-13-19-12-22(24)27-21-11-18-5-3-4-17(18)10-20(19)21/h6-12,14H,3-5,13H2,1-2H3. The van der Waals surface area contributed by atoms with E-state index in [4.69, 9.17) is 9.15 Å². The number of hydrogen-bond acceptors (Lipinski definition) is 4. The Morgan fingerprint density at radius 2 is 1.78 bits per heavy atom. The molecule has 3 aromatic rings. The molecule has 2 aromatic carbocycles. The summed E-state index contributed by atoms with van der Waals surface area (Å²) in [6.07, 6.45) is 3.17. The molecule has 1 heterocycles. The Bertz CT molecular complexity index is 1060. The zero-order valence-electron chi connectivity index (χ0n) is 15.6. The molecule has 0 atom stereocenters. The molecule has 1 aromatic heterocycles. The summed E-state index contributed by atoms with van der Waals surface area (Å²) in [5, 5.41) is 0.846. The van der Waals surface area contributed by atoms with E-state index in [1.807, 2.05) is 18.2 Å². The first-order valence-electron chi connectivity index (χ1n) is 9.37. The molecule has 0 amide bonds. The Kier molecular flexibility index (Phi) is 4.56. The van der Waals surface area contributed by atoms with E-state index in [2.05, 4.69) is 19.9 Å². The number of benzene rings is 2. The Hall–Kier alpha value is -2.88. The average molecular weight is 362 g/mol. The van der Waals surface area contributed by atoms with E-state index in [0.29, 0.717) is 22.6 Å². The van der Waals surface area contributed by atoms with E-state index in [0.717, 1.165) is 24.6 Å². The van der Waals surface area contributed by atoms with Crippen molar-refractivity contribution in [2.75, 3.05) is 0 Å². The molecule has 0 saturated heterocycles. The fourth-order valence-corrected chi connectivity index (χ4v) is 3.64. The molecular formula is C23H22O4. The van der Waals surface area contributed by atoms with Gasteiger partial charge in [-0.05, 0) is 66.1 Å². The van der Waals surface area contributed by atoms with Crippen LogP contribution >= 0.6 is 0 Å². The molecule has 0 saturated carbocycles. The molecule has 0 bridgehead atoms. The summed E-state index contributed by atoms with van der Waals surface area (Å²) in [6.45, 7) is 4.26. The van der Waals surface area contributed by atoms with Crippen LogP contribution in [-0.4, -0.2) is 5.97 Å². The number of fused-ring (bicyclic) bond motifs is 2. The summed E-state index contributed by atoms with van der Waals surface area (Å²) in [5.74, 6) is 0.0135. The van der Waals surface area contributed by atoms with E-state index in [1.165, 1.54) is 22.8 Å². The number of ether oxygens (including phenoxy) is 1. The maximum absolute atomic E-state index is 12.4. The van der Waals surface area contributed by atoms with E-state index in [9.17, 15) is 9.59 Å². The number of rotatable bonds is 4. The van der Waals surface area contributed by atoms with Gasteiger partial charge in [0.25, 0.3) is 0 Å². The first-order chi connectivity index (χ1) is 13.0. The second-order valence-corrected chi connectivity index (χ2v) is 7.41. The summed E-state index contributed by atoms with van der Waals surface area (Å²) >= 11 is 0. The third-order valence-corrected chi connectivity index (χ3v) is 5.21. The number of carbonyl (C=O) groups excluding carboxylic acids is 1. The fourth-order valence-electron chi connectivity index (χ4n) is 3.64. The van der Waals surface area contributed by atoms with Gasteiger partial charge in [0.2, 0.25) is 0 Å². The van der Waals surface area contributed by atoms with Crippen molar-refractivity contribution >= 4 is 16.9 Å². The maximum atomic E-state index is 12.4. The highest BCUT2D eigenvalue weighted by Crippen LogP contribution is 2.29. The van der Waals surface area contributed by atoms with Gasteiger partial charge in [0.1, 0.15) is 12.2 Å². The summed E-state index contributed by atoms with van der Waals surface area (Å²) < 4.78 is 10.8. The van der Waals surface area contributed by atoms with Crippen LogP contribution < -0.4 is 5.63 Å². The van der Waals surface area contributed by atoms with Gasteiger partial charge in [0, 0.05) is 17.0 Å². The van der Waals surface area contributed by atoms with Crippen LogP contribution in [0.1, 0.15) is 58.8 Å².